The van der Waals surface area contributed by atoms with Gasteiger partial charge in [0.1, 0.15) is 5.82 Å². The van der Waals surface area contributed by atoms with E-state index in [0.29, 0.717) is 16.5 Å². The molecular weight excluding hydrogens is 266 g/mol. The molecule has 0 fully saturated rings. The number of benzene rings is 1. The molecule has 4 nitrogen and oxygen atoms in total. The number of nitrogens with zero attached hydrogens (tertiary/aromatic N) is 2. The summed E-state index contributed by atoms with van der Waals surface area (Å²) in [6.45, 7) is 1.86. The first-order valence-corrected chi connectivity index (χ1v) is 6.62. The van der Waals surface area contributed by atoms with Crippen molar-refractivity contribution in [3.8, 4) is 0 Å². The van der Waals surface area contributed by atoms with Crippen LogP contribution in [-0.4, -0.2) is 27.1 Å². The van der Waals surface area contributed by atoms with E-state index in [1.54, 1.807) is 12.3 Å². The molecule has 0 saturated carbocycles. The molecular formula is C12H12BFN2O2S. The Kier molecular flexibility index (Phi) is 4.52. The number of hydrogen-bond donors (Lipinski definition) is 2. The van der Waals surface area contributed by atoms with Crippen molar-refractivity contribution in [3.05, 3.63) is 47.5 Å². The summed E-state index contributed by atoms with van der Waals surface area (Å²) in [6.07, 6.45) is 1.66. The molecule has 0 bridgehead atoms. The average Bonchev–Trinajstić information content (AvgIpc) is 2.37. The third-order valence-corrected chi connectivity index (χ3v) is 3.41. The van der Waals surface area contributed by atoms with Gasteiger partial charge in [-0.15, -0.1) is 0 Å². The Balaban J connectivity index is 2.07. The van der Waals surface area contributed by atoms with Gasteiger partial charge in [-0.1, -0.05) is 23.9 Å². The zero-order valence-corrected chi connectivity index (χ0v) is 11.1. The zero-order valence-electron chi connectivity index (χ0n) is 10.2. The summed E-state index contributed by atoms with van der Waals surface area (Å²) >= 11 is 1.33. The van der Waals surface area contributed by atoms with Crippen molar-refractivity contribution in [1.82, 2.24) is 9.97 Å². The highest BCUT2D eigenvalue weighted by atomic mass is 32.2. The first kappa shape index (κ1) is 14.0. The van der Waals surface area contributed by atoms with Gasteiger partial charge in [0.2, 0.25) is 0 Å². The second-order valence-corrected chi connectivity index (χ2v) is 4.94. The Hall–Kier alpha value is -1.44. The second kappa shape index (κ2) is 6.14. The molecule has 0 unspecified atom stereocenters. The van der Waals surface area contributed by atoms with Crippen LogP contribution >= 0.6 is 11.8 Å². The smallest absolute Gasteiger partial charge is 0.423 e. The third-order valence-electron chi connectivity index (χ3n) is 2.50. The van der Waals surface area contributed by atoms with E-state index < -0.39 is 12.9 Å². The maximum Gasteiger partial charge on any atom is 0.488 e. The molecule has 0 radical (unpaired) electrons. The molecule has 98 valence electrons. The number of aryl methyl sites for hydroxylation is 1. The lowest BCUT2D eigenvalue weighted by Crippen LogP contribution is -2.30. The Morgan fingerprint density at radius 1 is 1.32 bits per heavy atom. The monoisotopic (exact) mass is 278 g/mol. The molecule has 0 amide bonds. The van der Waals surface area contributed by atoms with Crippen molar-refractivity contribution in [1.29, 1.82) is 0 Å². The Labute approximate surface area is 114 Å². The van der Waals surface area contributed by atoms with Crippen LogP contribution in [0.15, 0.2) is 35.6 Å². The Morgan fingerprint density at radius 3 is 2.74 bits per heavy atom. The summed E-state index contributed by atoms with van der Waals surface area (Å²) < 4.78 is 13.7. The first-order valence-electron chi connectivity index (χ1n) is 5.63. The van der Waals surface area contributed by atoms with E-state index in [2.05, 4.69) is 9.97 Å². The predicted octanol–water partition coefficient (Wildman–Crippen LogP) is 0.896. The molecule has 0 spiro atoms. The molecule has 7 heteroatoms. The number of rotatable bonds is 4. The van der Waals surface area contributed by atoms with E-state index in [0.717, 1.165) is 11.8 Å². The van der Waals surface area contributed by atoms with Crippen molar-refractivity contribution in [2.75, 3.05) is 0 Å². The van der Waals surface area contributed by atoms with Crippen LogP contribution in [0, 0.1) is 12.7 Å². The zero-order chi connectivity index (χ0) is 13.8. The van der Waals surface area contributed by atoms with Crippen molar-refractivity contribution in [2.24, 2.45) is 0 Å². The molecule has 0 saturated heterocycles. The van der Waals surface area contributed by atoms with Gasteiger partial charge in [-0.2, -0.15) is 0 Å². The lowest BCUT2D eigenvalue weighted by atomic mass is 9.80. The minimum Gasteiger partial charge on any atom is -0.423 e. The maximum atomic E-state index is 13.7. The number of thioether (sulfide) groups is 1. The average molecular weight is 278 g/mol. The molecule has 1 heterocycles. The predicted molar refractivity (Wildman–Crippen MR) is 72.6 cm³/mol. The van der Waals surface area contributed by atoms with Crippen molar-refractivity contribution >= 4 is 24.3 Å². The fourth-order valence-electron chi connectivity index (χ4n) is 1.48. The highest BCUT2D eigenvalue weighted by molar-refractivity contribution is 7.98. The normalized spacial score (nSPS) is 10.5. The van der Waals surface area contributed by atoms with Crippen LogP contribution < -0.4 is 5.46 Å². The minimum atomic E-state index is -1.66. The van der Waals surface area contributed by atoms with E-state index in [4.69, 9.17) is 10.0 Å². The van der Waals surface area contributed by atoms with Crippen molar-refractivity contribution in [3.63, 3.8) is 0 Å². The van der Waals surface area contributed by atoms with Crippen LogP contribution in [0.25, 0.3) is 0 Å². The van der Waals surface area contributed by atoms with E-state index in [-0.39, 0.29) is 5.46 Å². The quantitative estimate of drug-likeness (QED) is 0.494. The topological polar surface area (TPSA) is 66.2 Å². The number of hydrogen-bond acceptors (Lipinski definition) is 5. The van der Waals surface area contributed by atoms with Gasteiger partial charge in [-0.05, 0) is 30.1 Å². The highest BCUT2D eigenvalue weighted by Gasteiger charge is 2.13. The van der Waals surface area contributed by atoms with Crippen molar-refractivity contribution in [2.45, 2.75) is 17.8 Å². The fraction of sp³-hybridized carbons (Fsp3) is 0.167. The van der Waals surface area contributed by atoms with Gasteiger partial charge in [0, 0.05) is 17.6 Å². The van der Waals surface area contributed by atoms with Crippen LogP contribution in [0.1, 0.15) is 11.3 Å². The first-order chi connectivity index (χ1) is 9.06. The SMILES string of the molecule is Cc1ccnc(SCc2ccc(B(O)O)cc2F)n1. The van der Waals surface area contributed by atoms with Gasteiger partial charge in [-0.3, -0.25) is 0 Å². The molecule has 1 aromatic heterocycles. The van der Waals surface area contributed by atoms with Crippen LogP contribution in [0.3, 0.4) is 0 Å². The summed E-state index contributed by atoms with van der Waals surface area (Å²) in [5.74, 6) is -0.0809. The molecule has 2 aromatic rings. The van der Waals surface area contributed by atoms with E-state index in [9.17, 15) is 4.39 Å². The van der Waals surface area contributed by atoms with E-state index in [1.807, 2.05) is 6.92 Å². The number of halogens is 1. The maximum absolute atomic E-state index is 13.7. The lowest BCUT2D eigenvalue weighted by molar-refractivity contribution is 0.425. The summed E-state index contributed by atoms with van der Waals surface area (Å²) in [7, 11) is -1.66. The van der Waals surface area contributed by atoms with Gasteiger partial charge in [0.15, 0.2) is 5.16 Å². The van der Waals surface area contributed by atoms with E-state index in [1.165, 1.54) is 23.9 Å². The van der Waals surface area contributed by atoms with Crippen LogP contribution in [-0.2, 0) is 5.75 Å². The minimum absolute atomic E-state index is 0.137. The van der Waals surface area contributed by atoms with Crippen LogP contribution in [0.5, 0.6) is 0 Å². The molecule has 1 aromatic carbocycles. The molecule has 0 aliphatic heterocycles. The Morgan fingerprint density at radius 2 is 2.11 bits per heavy atom. The molecule has 2 rings (SSSR count). The standard InChI is InChI=1S/C12H12BFN2O2S/c1-8-4-5-15-12(16-8)19-7-9-2-3-10(13(17)18)6-11(9)14/h2-6,17-18H,7H2,1H3. The summed E-state index contributed by atoms with van der Waals surface area (Å²) in [5.41, 5.74) is 1.47. The summed E-state index contributed by atoms with van der Waals surface area (Å²) in [6, 6.07) is 5.94. The molecule has 2 N–H and O–H groups in total. The van der Waals surface area contributed by atoms with Crippen LogP contribution in [0.4, 0.5) is 4.39 Å². The molecule has 0 atom stereocenters. The number of aromatic nitrogens is 2. The second-order valence-electron chi connectivity index (χ2n) is 3.99. The van der Waals surface area contributed by atoms with Gasteiger partial charge >= 0.3 is 7.12 Å². The highest BCUT2D eigenvalue weighted by Crippen LogP contribution is 2.20. The van der Waals surface area contributed by atoms with Gasteiger partial charge in [-0.25, -0.2) is 14.4 Å². The van der Waals surface area contributed by atoms with Gasteiger partial charge in [0.05, 0.1) is 0 Å². The Bertz CT molecular complexity index is 583. The van der Waals surface area contributed by atoms with Gasteiger partial charge < -0.3 is 10.0 Å². The fourth-order valence-corrected chi connectivity index (χ4v) is 2.34. The molecule has 0 aliphatic rings. The lowest BCUT2D eigenvalue weighted by Gasteiger charge is -2.05. The van der Waals surface area contributed by atoms with E-state index >= 15 is 0 Å². The molecule has 19 heavy (non-hydrogen) atoms. The summed E-state index contributed by atoms with van der Waals surface area (Å²) in [4.78, 5) is 8.29. The van der Waals surface area contributed by atoms with Gasteiger partial charge in [0.25, 0.3) is 0 Å². The summed E-state index contributed by atoms with van der Waals surface area (Å²) in [5, 5.41) is 18.5. The van der Waals surface area contributed by atoms with Crippen LogP contribution in [0.2, 0.25) is 0 Å². The molecule has 0 aliphatic carbocycles. The third kappa shape index (κ3) is 3.76. The van der Waals surface area contributed by atoms with Crippen molar-refractivity contribution < 1.29 is 14.4 Å². The largest absolute Gasteiger partial charge is 0.488 e.